The van der Waals surface area contributed by atoms with Crippen molar-refractivity contribution >= 4 is 17.5 Å². The predicted molar refractivity (Wildman–Crippen MR) is 98.0 cm³/mol. The van der Waals surface area contributed by atoms with Crippen molar-refractivity contribution in [3.05, 3.63) is 65.5 Å². The van der Waals surface area contributed by atoms with Gasteiger partial charge in [-0.1, -0.05) is 12.1 Å². The van der Waals surface area contributed by atoms with Gasteiger partial charge in [-0.15, -0.1) is 0 Å². The number of benzene rings is 2. The van der Waals surface area contributed by atoms with E-state index in [1.807, 2.05) is 0 Å². The van der Waals surface area contributed by atoms with Crippen molar-refractivity contribution in [3.63, 3.8) is 0 Å². The summed E-state index contributed by atoms with van der Waals surface area (Å²) in [6.07, 6.45) is 2.49. The fraction of sp³-hybridized carbons (Fsp3) is 0.300. The first-order valence-corrected chi connectivity index (χ1v) is 8.70. The van der Waals surface area contributed by atoms with Gasteiger partial charge in [-0.25, -0.2) is 4.39 Å². The van der Waals surface area contributed by atoms with E-state index in [9.17, 15) is 14.0 Å². The molecule has 0 bridgehead atoms. The third kappa shape index (κ3) is 4.67. The molecule has 0 heterocycles. The number of rotatable bonds is 5. The summed E-state index contributed by atoms with van der Waals surface area (Å²) in [4.78, 5) is 24.3. The Morgan fingerprint density at radius 3 is 2.35 bits per heavy atom. The molecule has 0 saturated heterocycles. The smallest absolute Gasteiger partial charge is 0.255 e. The Labute approximate surface area is 151 Å². The van der Waals surface area contributed by atoms with Gasteiger partial charge in [0.15, 0.2) is 0 Å². The van der Waals surface area contributed by atoms with Gasteiger partial charge >= 0.3 is 0 Å². The van der Waals surface area contributed by atoms with Crippen molar-refractivity contribution in [1.29, 1.82) is 0 Å². The Kier molecular flexibility index (Phi) is 5.63. The molecule has 1 saturated carbocycles. The molecule has 2 amide bonds. The van der Waals surface area contributed by atoms with Gasteiger partial charge in [0, 0.05) is 29.8 Å². The van der Waals surface area contributed by atoms with Crippen LogP contribution in [-0.4, -0.2) is 17.9 Å². The van der Waals surface area contributed by atoms with Crippen molar-refractivity contribution in [2.24, 2.45) is 11.7 Å². The summed E-state index contributed by atoms with van der Waals surface area (Å²) in [6.45, 7) is 0.421. The van der Waals surface area contributed by atoms with Gasteiger partial charge in [-0.3, -0.25) is 9.59 Å². The number of anilines is 1. The van der Waals surface area contributed by atoms with E-state index >= 15 is 0 Å². The molecule has 3 rings (SSSR count). The van der Waals surface area contributed by atoms with Crippen LogP contribution in [-0.2, 0) is 11.3 Å². The lowest BCUT2D eigenvalue weighted by molar-refractivity contribution is -0.125. The van der Waals surface area contributed by atoms with Crippen molar-refractivity contribution < 1.29 is 14.0 Å². The lowest BCUT2D eigenvalue weighted by Gasteiger charge is -2.11. The van der Waals surface area contributed by atoms with Crippen molar-refractivity contribution in [2.45, 2.75) is 31.8 Å². The molecule has 2 aromatic carbocycles. The van der Waals surface area contributed by atoms with E-state index in [-0.39, 0.29) is 29.6 Å². The molecule has 0 radical (unpaired) electrons. The normalized spacial score (nSPS) is 19.2. The summed E-state index contributed by atoms with van der Waals surface area (Å²) >= 11 is 0. The van der Waals surface area contributed by atoms with Gasteiger partial charge in [0.1, 0.15) is 5.82 Å². The van der Waals surface area contributed by atoms with E-state index in [1.165, 1.54) is 24.3 Å². The molecular formula is C20H22FN3O2. The van der Waals surface area contributed by atoms with Gasteiger partial charge in [0.25, 0.3) is 5.91 Å². The standard InChI is InChI=1S/C20H22FN3O2/c21-16-6-9-18(10-7-16)24-20(26)14-3-1-13(2-4-14)12-23-19(25)15-5-8-17(22)11-15/h1-4,6-7,9-10,15,17H,5,8,11-12,22H2,(H,23,25)(H,24,26). The van der Waals surface area contributed by atoms with Crippen LogP contribution in [0.5, 0.6) is 0 Å². The Morgan fingerprint density at radius 2 is 1.73 bits per heavy atom. The molecule has 1 aliphatic carbocycles. The van der Waals surface area contributed by atoms with E-state index in [0.717, 1.165) is 24.8 Å². The molecular weight excluding hydrogens is 333 g/mol. The highest BCUT2D eigenvalue weighted by Gasteiger charge is 2.27. The molecule has 5 nitrogen and oxygen atoms in total. The highest BCUT2D eigenvalue weighted by molar-refractivity contribution is 6.04. The summed E-state index contributed by atoms with van der Waals surface area (Å²) in [6, 6.07) is 12.7. The van der Waals surface area contributed by atoms with Gasteiger partial charge in [-0.2, -0.15) is 0 Å². The van der Waals surface area contributed by atoms with Gasteiger partial charge < -0.3 is 16.4 Å². The van der Waals surface area contributed by atoms with Crippen LogP contribution in [0.2, 0.25) is 0 Å². The van der Waals surface area contributed by atoms with Gasteiger partial charge in [-0.05, 0) is 61.2 Å². The zero-order valence-electron chi connectivity index (χ0n) is 14.4. The lowest BCUT2D eigenvalue weighted by Crippen LogP contribution is -2.30. The quantitative estimate of drug-likeness (QED) is 0.771. The zero-order valence-corrected chi connectivity index (χ0v) is 14.4. The van der Waals surface area contributed by atoms with Crippen LogP contribution in [0.25, 0.3) is 0 Å². The minimum Gasteiger partial charge on any atom is -0.352 e. The largest absolute Gasteiger partial charge is 0.352 e. The average Bonchev–Trinajstić information content (AvgIpc) is 3.08. The first-order valence-electron chi connectivity index (χ1n) is 8.70. The molecule has 2 aromatic rings. The molecule has 136 valence electrons. The van der Waals surface area contributed by atoms with Crippen molar-refractivity contribution in [2.75, 3.05) is 5.32 Å². The molecule has 4 N–H and O–H groups in total. The summed E-state index contributed by atoms with van der Waals surface area (Å²) in [7, 11) is 0. The van der Waals surface area contributed by atoms with Crippen LogP contribution in [0.3, 0.4) is 0 Å². The fourth-order valence-corrected chi connectivity index (χ4v) is 3.10. The number of nitrogens with two attached hydrogens (primary N) is 1. The second-order valence-corrected chi connectivity index (χ2v) is 6.65. The third-order valence-corrected chi connectivity index (χ3v) is 4.63. The lowest BCUT2D eigenvalue weighted by atomic mass is 10.1. The maximum Gasteiger partial charge on any atom is 0.255 e. The van der Waals surface area contributed by atoms with Crippen LogP contribution >= 0.6 is 0 Å². The summed E-state index contributed by atoms with van der Waals surface area (Å²) < 4.78 is 12.9. The summed E-state index contributed by atoms with van der Waals surface area (Å²) in [5.41, 5.74) is 7.78. The molecule has 6 heteroatoms. The molecule has 0 aromatic heterocycles. The molecule has 2 atom stereocenters. The Balaban J connectivity index is 1.52. The second kappa shape index (κ2) is 8.10. The fourth-order valence-electron chi connectivity index (χ4n) is 3.10. The van der Waals surface area contributed by atoms with Crippen LogP contribution in [0.1, 0.15) is 35.2 Å². The first kappa shape index (κ1) is 18.1. The van der Waals surface area contributed by atoms with Gasteiger partial charge in [0.05, 0.1) is 0 Å². The van der Waals surface area contributed by atoms with E-state index < -0.39 is 0 Å². The Hall–Kier alpha value is -2.73. The topological polar surface area (TPSA) is 84.2 Å². The van der Waals surface area contributed by atoms with E-state index in [2.05, 4.69) is 10.6 Å². The number of halogens is 1. The summed E-state index contributed by atoms with van der Waals surface area (Å²) in [5, 5.41) is 5.63. The molecule has 0 aliphatic heterocycles. The SMILES string of the molecule is NC1CCC(C(=O)NCc2ccc(C(=O)Nc3ccc(F)cc3)cc2)C1. The molecule has 1 aliphatic rings. The summed E-state index contributed by atoms with van der Waals surface area (Å²) in [5.74, 6) is -0.581. The number of carbonyl (C=O) groups is 2. The molecule has 2 unspecified atom stereocenters. The first-order chi connectivity index (χ1) is 12.5. The third-order valence-electron chi connectivity index (χ3n) is 4.63. The monoisotopic (exact) mass is 355 g/mol. The highest BCUT2D eigenvalue weighted by atomic mass is 19.1. The number of hydrogen-bond donors (Lipinski definition) is 3. The van der Waals surface area contributed by atoms with Crippen LogP contribution in [0, 0.1) is 11.7 Å². The number of carbonyl (C=O) groups excluding carboxylic acids is 2. The number of amides is 2. The van der Waals surface area contributed by atoms with E-state index in [1.54, 1.807) is 24.3 Å². The Bertz CT molecular complexity index is 775. The minimum absolute atomic E-state index is 0.00533. The predicted octanol–water partition coefficient (Wildman–Crippen LogP) is 2.82. The maximum atomic E-state index is 12.9. The maximum absolute atomic E-state index is 12.9. The van der Waals surface area contributed by atoms with Crippen molar-refractivity contribution in [3.8, 4) is 0 Å². The minimum atomic E-state index is -0.353. The van der Waals surface area contributed by atoms with E-state index in [4.69, 9.17) is 5.73 Å². The molecule has 1 fully saturated rings. The highest BCUT2D eigenvalue weighted by Crippen LogP contribution is 2.24. The number of nitrogens with one attached hydrogen (secondary N) is 2. The molecule has 0 spiro atoms. The van der Waals surface area contributed by atoms with Crippen LogP contribution < -0.4 is 16.4 Å². The van der Waals surface area contributed by atoms with E-state index in [0.29, 0.717) is 17.8 Å². The Morgan fingerprint density at radius 1 is 1.04 bits per heavy atom. The number of hydrogen-bond acceptors (Lipinski definition) is 3. The molecule has 26 heavy (non-hydrogen) atoms. The van der Waals surface area contributed by atoms with Gasteiger partial charge in [0.2, 0.25) is 5.91 Å². The van der Waals surface area contributed by atoms with Crippen LogP contribution in [0.4, 0.5) is 10.1 Å². The zero-order chi connectivity index (χ0) is 18.5. The second-order valence-electron chi connectivity index (χ2n) is 6.65. The average molecular weight is 355 g/mol. The van der Waals surface area contributed by atoms with Crippen molar-refractivity contribution in [1.82, 2.24) is 5.32 Å². The van der Waals surface area contributed by atoms with Crippen LogP contribution in [0.15, 0.2) is 48.5 Å².